The minimum atomic E-state index is -3.12. The Labute approximate surface area is 115 Å². The second-order valence-electron chi connectivity index (χ2n) is 5.41. The second-order valence-corrected chi connectivity index (χ2v) is 5.41. The summed E-state index contributed by atoms with van der Waals surface area (Å²) in [4.78, 5) is 12.1. The largest absolute Gasteiger partial charge is 0.465 e. The summed E-state index contributed by atoms with van der Waals surface area (Å²) < 4.78 is 41.5. The van der Waals surface area contributed by atoms with Crippen LogP contribution in [-0.4, -0.2) is 28.1 Å². The van der Waals surface area contributed by atoms with Gasteiger partial charge in [-0.15, -0.1) is 0 Å². The van der Waals surface area contributed by atoms with Gasteiger partial charge in [-0.25, -0.2) is 18.0 Å². The first-order chi connectivity index (χ1) is 9.24. The molecule has 0 saturated carbocycles. The molecule has 20 heavy (non-hydrogen) atoms. The topological polar surface area (TPSA) is 40.5 Å². The third-order valence-corrected chi connectivity index (χ3v) is 3.62. The van der Waals surface area contributed by atoms with Crippen molar-refractivity contribution in [2.24, 2.45) is 5.92 Å². The van der Waals surface area contributed by atoms with Crippen LogP contribution in [0.2, 0.25) is 0 Å². The van der Waals surface area contributed by atoms with Gasteiger partial charge < -0.3 is 5.11 Å². The molecule has 0 spiro atoms. The molecule has 3 nitrogen and oxygen atoms in total. The number of rotatable bonds is 2. The van der Waals surface area contributed by atoms with Crippen LogP contribution in [0.15, 0.2) is 24.3 Å². The van der Waals surface area contributed by atoms with Crippen LogP contribution < -0.4 is 0 Å². The molecule has 0 bridgehead atoms. The maximum absolute atomic E-state index is 14.1. The van der Waals surface area contributed by atoms with Crippen LogP contribution in [0.5, 0.6) is 0 Å². The number of nitrogens with zero attached hydrogens (tertiary/aromatic N) is 1. The molecule has 1 aliphatic rings. The number of hydrogen-bond donors (Lipinski definition) is 1. The lowest BCUT2D eigenvalue weighted by Crippen LogP contribution is -2.45. The van der Waals surface area contributed by atoms with Crippen molar-refractivity contribution in [2.45, 2.75) is 38.3 Å². The molecule has 6 heteroatoms. The molecule has 1 saturated heterocycles. The number of halogens is 3. The van der Waals surface area contributed by atoms with Gasteiger partial charge in [0.25, 0.3) is 5.92 Å². The van der Waals surface area contributed by atoms with Crippen molar-refractivity contribution in [3.8, 4) is 0 Å². The third-order valence-electron chi connectivity index (χ3n) is 3.62. The van der Waals surface area contributed by atoms with Gasteiger partial charge in [0.2, 0.25) is 0 Å². The fourth-order valence-electron chi connectivity index (χ4n) is 2.93. The Balaban J connectivity index is 2.45. The quantitative estimate of drug-likeness (QED) is 0.896. The molecule has 0 aliphatic carbocycles. The first-order valence-electron chi connectivity index (χ1n) is 6.38. The van der Waals surface area contributed by atoms with Crippen LogP contribution in [-0.2, 0) is 0 Å². The molecular formula is C14H16F3NO2. The minimum absolute atomic E-state index is 0.259. The minimum Gasteiger partial charge on any atom is -0.465 e. The van der Waals surface area contributed by atoms with E-state index >= 15 is 0 Å². The molecular weight excluding hydrogens is 271 g/mol. The molecule has 1 aliphatic heterocycles. The number of amides is 1. The Bertz CT molecular complexity index is 519. The molecule has 1 aromatic rings. The number of hydrogen-bond acceptors (Lipinski definition) is 1. The van der Waals surface area contributed by atoms with E-state index < -0.39 is 42.3 Å². The lowest BCUT2D eigenvalue weighted by Gasteiger charge is -2.31. The second kappa shape index (κ2) is 5.00. The predicted molar refractivity (Wildman–Crippen MR) is 67.2 cm³/mol. The van der Waals surface area contributed by atoms with E-state index in [1.165, 1.54) is 18.2 Å². The average molecular weight is 287 g/mol. The van der Waals surface area contributed by atoms with E-state index in [0.717, 1.165) is 11.0 Å². The molecule has 0 unspecified atom stereocenters. The van der Waals surface area contributed by atoms with Crippen molar-refractivity contribution in [3.05, 3.63) is 35.6 Å². The van der Waals surface area contributed by atoms with E-state index in [1.807, 2.05) is 0 Å². The Kier molecular flexibility index (Phi) is 3.67. The summed E-state index contributed by atoms with van der Waals surface area (Å²) in [5.41, 5.74) is 0.259. The molecule has 2 rings (SSSR count). The van der Waals surface area contributed by atoms with Crippen molar-refractivity contribution in [1.82, 2.24) is 4.90 Å². The van der Waals surface area contributed by atoms with Crippen molar-refractivity contribution in [3.63, 3.8) is 0 Å². The van der Waals surface area contributed by atoms with Crippen molar-refractivity contribution in [2.75, 3.05) is 0 Å². The highest BCUT2D eigenvalue weighted by Crippen LogP contribution is 2.48. The Morgan fingerprint density at radius 2 is 2.10 bits per heavy atom. The highest BCUT2D eigenvalue weighted by atomic mass is 19.3. The van der Waals surface area contributed by atoms with E-state index in [-0.39, 0.29) is 5.56 Å². The number of carboxylic acid groups (broad SMARTS) is 1. The lowest BCUT2D eigenvalue weighted by molar-refractivity contribution is -0.0457. The van der Waals surface area contributed by atoms with E-state index in [0.29, 0.717) is 0 Å². The fourth-order valence-corrected chi connectivity index (χ4v) is 2.93. The summed E-state index contributed by atoms with van der Waals surface area (Å²) in [6.45, 7) is 3.12. The monoisotopic (exact) mass is 287 g/mol. The van der Waals surface area contributed by atoms with Gasteiger partial charge >= 0.3 is 6.09 Å². The zero-order valence-corrected chi connectivity index (χ0v) is 11.2. The smallest absolute Gasteiger partial charge is 0.408 e. The SMILES string of the molecule is CC(C)[C@@H]1N(C(=O)O)[C@H](c2cccc(F)c2)CC1(F)F. The van der Waals surface area contributed by atoms with Gasteiger partial charge in [-0.3, -0.25) is 4.90 Å². The van der Waals surface area contributed by atoms with E-state index in [2.05, 4.69) is 0 Å². The zero-order chi connectivity index (χ0) is 15.1. The van der Waals surface area contributed by atoms with Crippen LogP contribution >= 0.6 is 0 Å². The molecule has 1 amide bonds. The molecule has 0 radical (unpaired) electrons. The van der Waals surface area contributed by atoms with Gasteiger partial charge in [0.1, 0.15) is 11.9 Å². The number of benzene rings is 1. The molecule has 1 fully saturated rings. The van der Waals surface area contributed by atoms with Gasteiger partial charge in [0.05, 0.1) is 6.04 Å². The number of alkyl halides is 2. The highest BCUT2D eigenvalue weighted by molar-refractivity contribution is 5.67. The van der Waals surface area contributed by atoms with Crippen molar-refractivity contribution < 1.29 is 23.1 Å². The van der Waals surface area contributed by atoms with Gasteiger partial charge in [0.15, 0.2) is 0 Å². The van der Waals surface area contributed by atoms with E-state index in [1.54, 1.807) is 13.8 Å². The molecule has 1 heterocycles. The average Bonchev–Trinajstić information content (AvgIpc) is 2.61. The van der Waals surface area contributed by atoms with Gasteiger partial charge in [-0.05, 0) is 23.6 Å². The summed E-state index contributed by atoms with van der Waals surface area (Å²) in [5, 5.41) is 9.26. The predicted octanol–water partition coefficient (Wildman–Crippen LogP) is 3.91. The van der Waals surface area contributed by atoms with E-state index in [9.17, 15) is 23.1 Å². The van der Waals surface area contributed by atoms with Crippen LogP contribution in [0.1, 0.15) is 31.9 Å². The fraction of sp³-hybridized carbons (Fsp3) is 0.500. The summed E-state index contributed by atoms with van der Waals surface area (Å²) >= 11 is 0. The third kappa shape index (κ3) is 2.46. The molecule has 0 aromatic heterocycles. The van der Waals surface area contributed by atoms with Crippen LogP contribution in [0.3, 0.4) is 0 Å². The Morgan fingerprint density at radius 1 is 1.45 bits per heavy atom. The highest BCUT2D eigenvalue weighted by Gasteiger charge is 2.57. The molecule has 2 atom stereocenters. The lowest BCUT2D eigenvalue weighted by atomic mass is 9.98. The maximum atomic E-state index is 14.1. The summed E-state index contributed by atoms with van der Waals surface area (Å²) in [6, 6.07) is 2.76. The molecule has 1 N–H and O–H groups in total. The van der Waals surface area contributed by atoms with E-state index in [4.69, 9.17) is 0 Å². The van der Waals surface area contributed by atoms with Gasteiger partial charge in [0, 0.05) is 6.42 Å². The first kappa shape index (κ1) is 14.7. The van der Waals surface area contributed by atoms with Gasteiger partial charge in [-0.2, -0.15) is 0 Å². The normalized spacial score (nSPS) is 25.2. The zero-order valence-electron chi connectivity index (χ0n) is 11.2. The van der Waals surface area contributed by atoms with Crippen molar-refractivity contribution in [1.29, 1.82) is 0 Å². The summed E-state index contributed by atoms with van der Waals surface area (Å²) in [7, 11) is 0. The number of carbonyl (C=O) groups is 1. The Hall–Kier alpha value is -1.72. The van der Waals surface area contributed by atoms with Crippen LogP contribution in [0.25, 0.3) is 0 Å². The summed E-state index contributed by atoms with van der Waals surface area (Å²) in [5.74, 6) is -4.22. The molecule has 1 aromatic carbocycles. The van der Waals surface area contributed by atoms with Crippen molar-refractivity contribution >= 4 is 6.09 Å². The number of likely N-dealkylation sites (tertiary alicyclic amines) is 1. The maximum Gasteiger partial charge on any atom is 0.408 e. The Morgan fingerprint density at radius 3 is 2.60 bits per heavy atom. The van der Waals surface area contributed by atoms with Crippen LogP contribution in [0, 0.1) is 11.7 Å². The first-order valence-corrected chi connectivity index (χ1v) is 6.38. The molecule has 110 valence electrons. The standard InChI is InChI=1S/C14H16F3NO2/c1-8(2)12-14(16,17)7-11(18(12)13(19)20)9-4-3-5-10(15)6-9/h3-6,8,11-12H,7H2,1-2H3,(H,19,20)/t11-,12-/m0/s1. The van der Waals surface area contributed by atoms with Gasteiger partial charge in [-0.1, -0.05) is 26.0 Å². The van der Waals surface area contributed by atoms with Crippen LogP contribution in [0.4, 0.5) is 18.0 Å². The summed E-state index contributed by atoms with van der Waals surface area (Å²) in [6.07, 6.45) is -2.03.